The molecule has 0 saturated heterocycles. The average molecular weight is 154 g/mol. The van der Waals surface area contributed by atoms with Gasteiger partial charge in [-0.1, -0.05) is 44.2 Å². The molecule has 9 heavy (non-hydrogen) atoms. The molecule has 0 amide bonds. The molecule has 0 aromatic carbocycles. The first-order chi connectivity index (χ1) is 4.41. The Labute approximate surface area is 65.3 Å². The molecule has 0 bridgehead atoms. The van der Waals surface area contributed by atoms with Crippen LogP contribution in [0.3, 0.4) is 0 Å². The van der Waals surface area contributed by atoms with Crippen LogP contribution < -0.4 is 0 Å². The lowest BCUT2D eigenvalue weighted by Crippen LogP contribution is -1.78. The summed E-state index contributed by atoms with van der Waals surface area (Å²) < 4.78 is 0. The molecule has 0 aliphatic heterocycles. The van der Waals surface area contributed by atoms with Crippen LogP contribution in [0.15, 0.2) is 0 Å². The maximum absolute atomic E-state index is 3.45. The van der Waals surface area contributed by atoms with Crippen LogP contribution in [-0.4, -0.2) is 20.5 Å². The quantitative estimate of drug-likeness (QED) is 0.406. The van der Waals surface area contributed by atoms with E-state index in [-0.39, 0.29) is 0 Å². The molecular formula is C7H14Si2. The van der Waals surface area contributed by atoms with Gasteiger partial charge in [0.1, 0.15) is 0 Å². The molecule has 0 aliphatic rings. The second kappa shape index (κ2) is 8.43. The molecule has 0 rings (SSSR count). The maximum atomic E-state index is 3.45. The van der Waals surface area contributed by atoms with Crippen molar-refractivity contribution >= 4 is 20.5 Å². The van der Waals surface area contributed by atoms with Gasteiger partial charge >= 0.3 is 0 Å². The van der Waals surface area contributed by atoms with Crippen LogP contribution in [0.2, 0.25) is 12.1 Å². The minimum Gasteiger partial charge on any atom is -0.0638 e. The topological polar surface area (TPSA) is 0 Å². The summed E-state index contributed by atoms with van der Waals surface area (Å²) in [5.41, 5.74) is 0. The van der Waals surface area contributed by atoms with Crippen LogP contribution in [0, 0.1) is 0 Å². The van der Waals surface area contributed by atoms with Gasteiger partial charge in [-0.3, -0.25) is 0 Å². The molecule has 2 heteroatoms. The van der Waals surface area contributed by atoms with Crippen LogP contribution >= 0.6 is 0 Å². The van der Waals surface area contributed by atoms with Gasteiger partial charge in [-0.15, -0.1) is 0 Å². The van der Waals surface area contributed by atoms with Gasteiger partial charge < -0.3 is 0 Å². The number of rotatable bonds is 6. The molecule has 0 atom stereocenters. The molecule has 0 aromatic rings. The smallest absolute Gasteiger partial charge is 0.0222 e. The van der Waals surface area contributed by atoms with E-state index in [1.165, 1.54) is 32.1 Å². The highest BCUT2D eigenvalue weighted by Gasteiger charge is 1.85. The molecular weight excluding hydrogens is 140 g/mol. The van der Waals surface area contributed by atoms with Gasteiger partial charge in [0.25, 0.3) is 0 Å². The predicted octanol–water partition coefficient (Wildman–Crippen LogP) is 2.11. The van der Waals surface area contributed by atoms with E-state index in [4.69, 9.17) is 0 Å². The molecule has 0 fully saturated rings. The highest BCUT2D eigenvalue weighted by molar-refractivity contribution is 6.08. The Morgan fingerprint density at radius 2 is 0.889 bits per heavy atom. The van der Waals surface area contributed by atoms with Crippen molar-refractivity contribution in [3.05, 3.63) is 0 Å². The summed E-state index contributed by atoms with van der Waals surface area (Å²) in [7, 11) is 6.90. The lowest BCUT2D eigenvalue weighted by Gasteiger charge is -1.95. The first kappa shape index (κ1) is 9.43. The third-order valence-electron chi connectivity index (χ3n) is 1.35. The van der Waals surface area contributed by atoms with Crippen LogP contribution in [0.25, 0.3) is 0 Å². The van der Waals surface area contributed by atoms with Crippen molar-refractivity contribution < 1.29 is 0 Å². The predicted molar refractivity (Wildman–Crippen MR) is 44.2 cm³/mol. The molecule has 50 valence electrons. The highest BCUT2D eigenvalue weighted by Crippen LogP contribution is 2.05. The zero-order chi connectivity index (χ0) is 6.95. The van der Waals surface area contributed by atoms with Crippen molar-refractivity contribution in [2.24, 2.45) is 0 Å². The normalized spacial score (nSPS) is 10.0. The fourth-order valence-corrected chi connectivity index (χ4v) is 1.28. The Bertz CT molecular complexity index is 40.2. The molecule has 0 N–H and O–H groups in total. The Balaban J connectivity index is 2.60. The number of unbranched alkanes of at least 4 members (excludes halogenated alkanes) is 4. The Morgan fingerprint density at radius 3 is 1.22 bits per heavy atom. The van der Waals surface area contributed by atoms with E-state index in [9.17, 15) is 0 Å². The molecule has 0 nitrogen and oxygen atoms in total. The van der Waals surface area contributed by atoms with Crippen LogP contribution in [0.5, 0.6) is 0 Å². The van der Waals surface area contributed by atoms with E-state index in [0.29, 0.717) is 0 Å². The van der Waals surface area contributed by atoms with Crippen LogP contribution in [-0.2, 0) is 0 Å². The average Bonchev–Trinajstić information content (AvgIpc) is 1.89. The van der Waals surface area contributed by atoms with Gasteiger partial charge in [-0.25, -0.2) is 0 Å². The van der Waals surface area contributed by atoms with Crippen molar-refractivity contribution in [3.8, 4) is 0 Å². The van der Waals surface area contributed by atoms with E-state index in [0.717, 1.165) is 12.1 Å². The van der Waals surface area contributed by atoms with Crippen LogP contribution in [0.1, 0.15) is 32.1 Å². The summed E-state index contributed by atoms with van der Waals surface area (Å²) in [6, 6.07) is 2.32. The lowest BCUT2D eigenvalue weighted by molar-refractivity contribution is 0.656. The van der Waals surface area contributed by atoms with E-state index in [2.05, 4.69) is 20.5 Å². The first-order valence-corrected chi connectivity index (χ1v) is 5.12. The largest absolute Gasteiger partial charge is 0.0638 e. The fourth-order valence-electron chi connectivity index (χ4n) is 0.780. The van der Waals surface area contributed by atoms with Crippen molar-refractivity contribution in [1.82, 2.24) is 0 Å². The molecule has 0 unspecified atom stereocenters. The zero-order valence-corrected chi connectivity index (χ0v) is 7.95. The minimum atomic E-state index is 1.16. The van der Waals surface area contributed by atoms with Crippen molar-refractivity contribution in [2.45, 2.75) is 44.2 Å². The minimum absolute atomic E-state index is 1.16. The van der Waals surface area contributed by atoms with Gasteiger partial charge in [0.15, 0.2) is 0 Å². The van der Waals surface area contributed by atoms with E-state index in [1.807, 2.05) is 0 Å². The molecule has 0 aromatic heterocycles. The summed E-state index contributed by atoms with van der Waals surface area (Å²) in [6.07, 6.45) is 6.83. The summed E-state index contributed by atoms with van der Waals surface area (Å²) in [5, 5.41) is 0. The third-order valence-corrected chi connectivity index (χ3v) is 2.06. The Hall–Kier alpha value is 0.434. The molecule has 0 heterocycles. The standard InChI is InChI=1S/C7H14Si2/c8-6-4-2-1-3-5-7-9/h1-7H2. The number of hydrogen-bond acceptors (Lipinski definition) is 0. The maximum Gasteiger partial charge on any atom is 0.0222 e. The van der Waals surface area contributed by atoms with E-state index in [1.54, 1.807) is 0 Å². The lowest BCUT2D eigenvalue weighted by atomic mass is 10.2. The van der Waals surface area contributed by atoms with Crippen LogP contribution in [0.4, 0.5) is 0 Å². The van der Waals surface area contributed by atoms with Gasteiger partial charge in [0, 0.05) is 20.5 Å². The molecule has 0 spiro atoms. The van der Waals surface area contributed by atoms with E-state index < -0.39 is 0 Å². The third kappa shape index (κ3) is 8.43. The summed E-state index contributed by atoms with van der Waals surface area (Å²) >= 11 is 0. The number of hydrogen-bond donors (Lipinski definition) is 0. The SMILES string of the molecule is [Si]CCCCCCC[Si]. The van der Waals surface area contributed by atoms with Gasteiger partial charge in [0.2, 0.25) is 0 Å². The summed E-state index contributed by atoms with van der Waals surface area (Å²) in [5.74, 6) is 0. The monoisotopic (exact) mass is 154 g/mol. The molecule has 0 saturated carbocycles. The van der Waals surface area contributed by atoms with Crippen molar-refractivity contribution in [1.29, 1.82) is 0 Å². The summed E-state index contributed by atoms with van der Waals surface area (Å²) in [6.45, 7) is 0. The summed E-state index contributed by atoms with van der Waals surface area (Å²) in [4.78, 5) is 0. The Morgan fingerprint density at radius 1 is 0.556 bits per heavy atom. The molecule has 6 radical (unpaired) electrons. The zero-order valence-electron chi connectivity index (χ0n) is 5.95. The second-order valence-corrected chi connectivity index (χ2v) is 3.27. The highest BCUT2D eigenvalue weighted by atomic mass is 28.1. The van der Waals surface area contributed by atoms with Crippen molar-refractivity contribution in [2.75, 3.05) is 0 Å². The van der Waals surface area contributed by atoms with Gasteiger partial charge in [-0.2, -0.15) is 0 Å². The fraction of sp³-hybridized carbons (Fsp3) is 1.00. The molecule has 0 aliphatic carbocycles. The van der Waals surface area contributed by atoms with E-state index >= 15 is 0 Å². The Kier molecular flexibility index (Phi) is 8.84. The second-order valence-electron chi connectivity index (χ2n) is 2.27. The van der Waals surface area contributed by atoms with Gasteiger partial charge in [0.05, 0.1) is 0 Å². The van der Waals surface area contributed by atoms with Crippen molar-refractivity contribution in [3.63, 3.8) is 0 Å². The van der Waals surface area contributed by atoms with Gasteiger partial charge in [-0.05, 0) is 0 Å². The first-order valence-electron chi connectivity index (χ1n) is 3.71.